The van der Waals surface area contributed by atoms with Crippen LogP contribution in [0.15, 0.2) is 51.7 Å². The molecule has 0 aliphatic carbocycles. The summed E-state index contributed by atoms with van der Waals surface area (Å²) in [6.45, 7) is 1.66. The molecule has 1 aromatic heterocycles. The summed E-state index contributed by atoms with van der Waals surface area (Å²) in [7, 11) is 1.45. The van der Waals surface area contributed by atoms with Crippen LogP contribution in [-0.4, -0.2) is 23.1 Å². The molecule has 6 nitrogen and oxygen atoms in total. The minimum absolute atomic E-state index is 0.0405. The standard InChI is InChI=1S/C20H16O6/c1-11-9-18(23)26-17-8-5-13(20(24)19(11)17)14(21)6-3-12-4-7-16(25-2)15(22)10-12/h3-10,22,24H,1-2H3/b6-3+. The number of carbonyl (C=O) groups is 1. The Kier molecular flexibility index (Phi) is 4.49. The van der Waals surface area contributed by atoms with Crippen LogP contribution in [0.1, 0.15) is 21.5 Å². The summed E-state index contributed by atoms with van der Waals surface area (Å²) in [5.41, 5.74) is 0.899. The highest BCUT2D eigenvalue weighted by Gasteiger charge is 2.15. The zero-order chi connectivity index (χ0) is 18.8. The number of phenolic OH excluding ortho intramolecular Hbond substituents is 2. The number of rotatable bonds is 4. The van der Waals surface area contributed by atoms with Crippen molar-refractivity contribution in [3.8, 4) is 17.2 Å². The second kappa shape index (κ2) is 6.76. The van der Waals surface area contributed by atoms with Crippen LogP contribution >= 0.6 is 0 Å². The fourth-order valence-corrected chi connectivity index (χ4v) is 2.70. The molecule has 26 heavy (non-hydrogen) atoms. The predicted molar refractivity (Wildman–Crippen MR) is 96.9 cm³/mol. The van der Waals surface area contributed by atoms with Gasteiger partial charge < -0.3 is 19.4 Å². The van der Waals surface area contributed by atoms with Gasteiger partial charge in [0, 0.05) is 6.07 Å². The average molecular weight is 352 g/mol. The summed E-state index contributed by atoms with van der Waals surface area (Å²) in [6, 6.07) is 8.86. The molecule has 0 aliphatic heterocycles. The van der Waals surface area contributed by atoms with Crippen LogP contribution in [-0.2, 0) is 0 Å². The quantitative estimate of drug-likeness (QED) is 0.424. The highest BCUT2D eigenvalue weighted by Crippen LogP contribution is 2.31. The number of aromatic hydroxyl groups is 2. The maximum absolute atomic E-state index is 12.4. The minimum atomic E-state index is -0.521. The number of phenols is 2. The number of aryl methyl sites for hydroxylation is 1. The van der Waals surface area contributed by atoms with E-state index in [0.29, 0.717) is 22.3 Å². The van der Waals surface area contributed by atoms with Crippen LogP contribution in [0.3, 0.4) is 0 Å². The van der Waals surface area contributed by atoms with Crippen molar-refractivity contribution < 1.29 is 24.2 Å². The third-order valence-electron chi connectivity index (χ3n) is 3.97. The molecule has 0 spiro atoms. The van der Waals surface area contributed by atoms with Gasteiger partial charge in [0.05, 0.1) is 18.1 Å². The molecule has 0 bridgehead atoms. The number of hydrogen-bond acceptors (Lipinski definition) is 6. The number of allylic oxidation sites excluding steroid dienone is 1. The zero-order valence-electron chi connectivity index (χ0n) is 14.1. The lowest BCUT2D eigenvalue weighted by Gasteiger charge is -2.07. The Labute approximate surface area is 148 Å². The molecule has 0 saturated heterocycles. The fraction of sp³-hybridized carbons (Fsp3) is 0.100. The van der Waals surface area contributed by atoms with Crippen molar-refractivity contribution in [3.05, 3.63) is 69.6 Å². The molecule has 2 N–H and O–H groups in total. The number of carbonyl (C=O) groups excluding carboxylic acids is 1. The minimum Gasteiger partial charge on any atom is -0.506 e. The van der Waals surface area contributed by atoms with Crippen LogP contribution < -0.4 is 10.4 Å². The van der Waals surface area contributed by atoms with E-state index in [1.807, 2.05) is 0 Å². The third kappa shape index (κ3) is 3.17. The molecule has 0 radical (unpaired) electrons. The van der Waals surface area contributed by atoms with E-state index in [4.69, 9.17) is 9.15 Å². The molecule has 0 amide bonds. The number of methoxy groups -OCH3 is 1. The number of ether oxygens (including phenoxy) is 1. The Morgan fingerprint density at radius 2 is 1.92 bits per heavy atom. The van der Waals surface area contributed by atoms with Crippen molar-refractivity contribution in [2.75, 3.05) is 7.11 Å². The summed E-state index contributed by atoms with van der Waals surface area (Å²) < 4.78 is 10.0. The molecule has 0 unspecified atom stereocenters. The van der Waals surface area contributed by atoms with Crippen LogP contribution in [0.5, 0.6) is 17.2 Å². The predicted octanol–water partition coefficient (Wildman–Crippen LogP) is 3.42. The van der Waals surface area contributed by atoms with Gasteiger partial charge in [-0.15, -0.1) is 0 Å². The van der Waals surface area contributed by atoms with Gasteiger partial charge in [-0.3, -0.25) is 4.79 Å². The first-order valence-corrected chi connectivity index (χ1v) is 7.76. The Morgan fingerprint density at radius 3 is 2.62 bits per heavy atom. The Bertz CT molecular complexity index is 1090. The maximum Gasteiger partial charge on any atom is 0.336 e. The molecule has 0 saturated carbocycles. The molecule has 3 rings (SSSR count). The first kappa shape index (κ1) is 17.3. The third-order valence-corrected chi connectivity index (χ3v) is 3.97. The second-order valence-corrected chi connectivity index (χ2v) is 5.71. The molecule has 0 aliphatic rings. The van der Waals surface area contributed by atoms with Gasteiger partial charge in [-0.2, -0.15) is 0 Å². The fourth-order valence-electron chi connectivity index (χ4n) is 2.70. The van der Waals surface area contributed by atoms with E-state index in [9.17, 15) is 19.8 Å². The van der Waals surface area contributed by atoms with Crippen LogP contribution in [0, 0.1) is 6.92 Å². The summed E-state index contributed by atoms with van der Waals surface area (Å²) in [5.74, 6) is -0.375. The van der Waals surface area contributed by atoms with E-state index in [1.165, 1.54) is 43.5 Å². The van der Waals surface area contributed by atoms with Crippen molar-refractivity contribution in [3.63, 3.8) is 0 Å². The maximum atomic E-state index is 12.4. The van der Waals surface area contributed by atoms with Gasteiger partial charge in [0.25, 0.3) is 0 Å². The largest absolute Gasteiger partial charge is 0.506 e. The molecule has 0 fully saturated rings. The topological polar surface area (TPSA) is 97.0 Å². The second-order valence-electron chi connectivity index (χ2n) is 5.71. The van der Waals surface area contributed by atoms with E-state index in [-0.39, 0.29) is 22.6 Å². The van der Waals surface area contributed by atoms with Gasteiger partial charge in [0.2, 0.25) is 0 Å². The molecule has 1 heterocycles. The van der Waals surface area contributed by atoms with Crippen molar-refractivity contribution in [2.45, 2.75) is 6.92 Å². The van der Waals surface area contributed by atoms with E-state index < -0.39 is 11.4 Å². The van der Waals surface area contributed by atoms with Crippen molar-refractivity contribution in [1.82, 2.24) is 0 Å². The van der Waals surface area contributed by atoms with Gasteiger partial charge in [0.15, 0.2) is 17.3 Å². The SMILES string of the molecule is COc1ccc(/C=C/C(=O)c2ccc3oc(=O)cc(C)c3c2O)cc1O. The van der Waals surface area contributed by atoms with E-state index in [1.54, 1.807) is 19.1 Å². The van der Waals surface area contributed by atoms with E-state index >= 15 is 0 Å². The number of fused-ring (bicyclic) bond motifs is 1. The molecule has 6 heteroatoms. The van der Waals surface area contributed by atoms with E-state index in [2.05, 4.69) is 0 Å². The molecular formula is C20H16O6. The first-order chi connectivity index (χ1) is 12.4. The van der Waals surface area contributed by atoms with Gasteiger partial charge >= 0.3 is 5.63 Å². The van der Waals surface area contributed by atoms with Crippen molar-refractivity contribution >= 4 is 22.8 Å². The van der Waals surface area contributed by atoms with Gasteiger partial charge in [-0.25, -0.2) is 4.79 Å². The Balaban J connectivity index is 1.96. The lowest BCUT2D eigenvalue weighted by molar-refractivity contribution is 0.104. The summed E-state index contributed by atoms with van der Waals surface area (Å²) in [4.78, 5) is 23.9. The number of benzene rings is 2. The van der Waals surface area contributed by atoms with Crippen LogP contribution in [0.2, 0.25) is 0 Å². The highest BCUT2D eigenvalue weighted by atomic mass is 16.5. The zero-order valence-corrected chi connectivity index (χ0v) is 14.1. The molecule has 3 aromatic rings. The normalized spacial score (nSPS) is 11.2. The molecule has 0 atom stereocenters. The average Bonchev–Trinajstić information content (AvgIpc) is 2.59. The first-order valence-electron chi connectivity index (χ1n) is 7.76. The van der Waals surface area contributed by atoms with Gasteiger partial charge in [-0.1, -0.05) is 12.1 Å². The van der Waals surface area contributed by atoms with E-state index in [0.717, 1.165) is 0 Å². The smallest absolute Gasteiger partial charge is 0.336 e. The molecular weight excluding hydrogens is 336 g/mol. The van der Waals surface area contributed by atoms with Gasteiger partial charge in [0.1, 0.15) is 11.3 Å². The van der Waals surface area contributed by atoms with Crippen LogP contribution in [0.4, 0.5) is 0 Å². The Morgan fingerprint density at radius 1 is 1.15 bits per heavy atom. The van der Waals surface area contributed by atoms with Crippen molar-refractivity contribution in [1.29, 1.82) is 0 Å². The summed E-state index contributed by atoms with van der Waals surface area (Å²) >= 11 is 0. The molecule has 132 valence electrons. The summed E-state index contributed by atoms with van der Waals surface area (Å²) in [5, 5.41) is 20.5. The number of hydrogen-bond donors (Lipinski definition) is 2. The highest BCUT2D eigenvalue weighted by molar-refractivity contribution is 6.11. The van der Waals surface area contributed by atoms with Crippen LogP contribution in [0.25, 0.3) is 17.0 Å². The molecule has 2 aromatic carbocycles. The van der Waals surface area contributed by atoms with Crippen molar-refractivity contribution in [2.24, 2.45) is 0 Å². The Hall–Kier alpha value is -3.54. The monoisotopic (exact) mass is 352 g/mol. The lowest BCUT2D eigenvalue weighted by atomic mass is 10.0. The van der Waals surface area contributed by atoms with Gasteiger partial charge in [-0.05, 0) is 48.4 Å². The lowest BCUT2D eigenvalue weighted by Crippen LogP contribution is -2.01. The summed E-state index contributed by atoms with van der Waals surface area (Å²) in [6.07, 6.45) is 2.81. The number of ketones is 1.